The summed E-state index contributed by atoms with van der Waals surface area (Å²) < 4.78 is 40.3. The summed E-state index contributed by atoms with van der Waals surface area (Å²) in [6.07, 6.45) is -1.55. The first-order valence-electron chi connectivity index (χ1n) is 6.65. The molecule has 2 rings (SSSR count). The second-order valence-electron chi connectivity index (χ2n) is 4.91. The summed E-state index contributed by atoms with van der Waals surface area (Å²) in [7, 11) is 0. The van der Waals surface area contributed by atoms with Gasteiger partial charge >= 0.3 is 6.18 Å². The molecule has 0 aliphatic heterocycles. The number of benzene rings is 1. The number of primary amides is 1. The first-order valence-corrected chi connectivity index (χ1v) is 7.03. The number of hydrogen-bond acceptors (Lipinski definition) is 2. The van der Waals surface area contributed by atoms with Crippen LogP contribution in [0.25, 0.3) is 0 Å². The minimum absolute atomic E-state index is 0.132. The van der Waals surface area contributed by atoms with E-state index >= 15 is 0 Å². The molecule has 2 N–H and O–H groups in total. The Morgan fingerprint density at radius 1 is 1.39 bits per heavy atom. The normalized spacial score (nSPS) is 12.9. The molecule has 1 radical (unpaired) electrons. The monoisotopic (exact) mass is 341 g/mol. The van der Waals surface area contributed by atoms with E-state index in [1.165, 1.54) is 12.4 Å². The molecule has 1 heterocycles. The van der Waals surface area contributed by atoms with E-state index in [0.29, 0.717) is 5.56 Å². The van der Waals surface area contributed by atoms with Crippen molar-refractivity contribution in [1.82, 2.24) is 4.98 Å². The maximum atomic E-state index is 13.4. The van der Waals surface area contributed by atoms with Gasteiger partial charge < -0.3 is 5.73 Å². The molecular weight excluding hydrogens is 329 g/mol. The second-order valence-corrected chi connectivity index (χ2v) is 5.32. The molecule has 23 heavy (non-hydrogen) atoms. The molecule has 0 bridgehead atoms. The van der Waals surface area contributed by atoms with E-state index in [1.54, 1.807) is 12.1 Å². The molecule has 1 atom stereocenters. The molecule has 0 aliphatic rings. The van der Waals surface area contributed by atoms with E-state index in [4.69, 9.17) is 17.3 Å². The van der Waals surface area contributed by atoms with Gasteiger partial charge in [0, 0.05) is 28.9 Å². The average Bonchev–Trinajstić information content (AvgIpc) is 2.49. The van der Waals surface area contributed by atoms with Gasteiger partial charge in [0.05, 0.1) is 5.56 Å². The molecule has 0 saturated carbocycles. The summed E-state index contributed by atoms with van der Waals surface area (Å²) in [5, 5.41) is -0.175. The first-order chi connectivity index (χ1) is 10.8. The van der Waals surface area contributed by atoms with Gasteiger partial charge in [-0.15, -0.1) is 0 Å². The predicted molar refractivity (Wildman–Crippen MR) is 81.0 cm³/mol. The van der Waals surface area contributed by atoms with Gasteiger partial charge in [-0.2, -0.15) is 13.2 Å². The minimum Gasteiger partial charge on any atom is -0.366 e. The quantitative estimate of drug-likeness (QED) is 0.905. The summed E-state index contributed by atoms with van der Waals surface area (Å²) in [5.74, 6) is -1.67. The van der Waals surface area contributed by atoms with Crippen molar-refractivity contribution in [2.45, 2.75) is 18.5 Å². The van der Waals surface area contributed by atoms with Crippen LogP contribution in [0.1, 0.15) is 39.4 Å². The topological polar surface area (TPSA) is 56.0 Å². The van der Waals surface area contributed by atoms with E-state index < -0.39 is 23.6 Å². The lowest BCUT2D eigenvalue weighted by atomic mass is 9.86. The maximum absolute atomic E-state index is 13.4. The van der Waals surface area contributed by atoms with Crippen LogP contribution in [0.5, 0.6) is 0 Å². The van der Waals surface area contributed by atoms with Crippen molar-refractivity contribution in [1.29, 1.82) is 0 Å². The van der Waals surface area contributed by atoms with E-state index in [2.05, 4.69) is 11.9 Å². The molecule has 0 fully saturated rings. The predicted octanol–water partition coefficient (Wildman–Crippen LogP) is 4.21. The molecule has 121 valence electrons. The van der Waals surface area contributed by atoms with Gasteiger partial charge in [-0.05, 0) is 35.7 Å². The zero-order chi connectivity index (χ0) is 17.2. The molecule has 0 aliphatic carbocycles. The zero-order valence-electron chi connectivity index (χ0n) is 11.9. The van der Waals surface area contributed by atoms with Crippen molar-refractivity contribution in [2.24, 2.45) is 5.73 Å². The highest BCUT2D eigenvalue weighted by Gasteiger charge is 2.37. The highest BCUT2D eigenvalue weighted by atomic mass is 35.5. The summed E-state index contributed by atoms with van der Waals surface area (Å²) >= 11 is 6.05. The molecule has 0 saturated heterocycles. The first kappa shape index (κ1) is 17.3. The number of amides is 1. The Hall–Kier alpha value is -2.08. The van der Waals surface area contributed by atoms with Gasteiger partial charge in [-0.3, -0.25) is 9.78 Å². The Labute approximate surface area is 136 Å². The van der Waals surface area contributed by atoms with Gasteiger partial charge in [0.25, 0.3) is 0 Å². The summed E-state index contributed by atoms with van der Waals surface area (Å²) in [5.41, 5.74) is 4.22. The van der Waals surface area contributed by atoms with Crippen molar-refractivity contribution < 1.29 is 18.0 Å². The van der Waals surface area contributed by atoms with Crippen molar-refractivity contribution in [2.75, 3.05) is 0 Å². The van der Waals surface area contributed by atoms with Gasteiger partial charge in [-0.1, -0.05) is 24.6 Å². The number of aromatic nitrogens is 1. The van der Waals surface area contributed by atoms with E-state index in [0.717, 1.165) is 12.1 Å². The zero-order valence-corrected chi connectivity index (χ0v) is 12.7. The van der Waals surface area contributed by atoms with Crippen LogP contribution >= 0.6 is 11.6 Å². The van der Waals surface area contributed by atoms with Crippen molar-refractivity contribution >= 4 is 17.5 Å². The smallest absolute Gasteiger partial charge is 0.366 e. The molecule has 1 amide bonds. The maximum Gasteiger partial charge on any atom is 0.416 e. The van der Waals surface area contributed by atoms with Gasteiger partial charge in [0.2, 0.25) is 5.91 Å². The fraction of sp³-hybridized carbons (Fsp3) is 0.188. The molecule has 1 aromatic heterocycles. The lowest BCUT2D eigenvalue weighted by molar-refractivity contribution is -0.138. The van der Waals surface area contributed by atoms with Crippen LogP contribution in [0.15, 0.2) is 36.7 Å². The van der Waals surface area contributed by atoms with E-state index in [-0.39, 0.29) is 22.6 Å². The van der Waals surface area contributed by atoms with Crippen LogP contribution in [0.4, 0.5) is 13.2 Å². The molecule has 2 aromatic rings. The SMILES string of the molecule is [CH2]CC(c1cccnc1)c1c(Cl)cc(C(N)=O)cc1C(F)(F)F. The lowest BCUT2D eigenvalue weighted by Crippen LogP contribution is -2.18. The fourth-order valence-corrected chi connectivity index (χ4v) is 2.76. The van der Waals surface area contributed by atoms with E-state index in [1.807, 2.05) is 0 Å². The fourth-order valence-electron chi connectivity index (χ4n) is 2.41. The van der Waals surface area contributed by atoms with Crippen LogP contribution < -0.4 is 5.73 Å². The van der Waals surface area contributed by atoms with Gasteiger partial charge in [-0.25, -0.2) is 0 Å². The van der Waals surface area contributed by atoms with Crippen molar-refractivity contribution in [3.8, 4) is 0 Å². The minimum atomic E-state index is -4.68. The summed E-state index contributed by atoms with van der Waals surface area (Å²) in [6, 6.07) is 5.15. The third-order valence-corrected chi connectivity index (χ3v) is 3.76. The molecule has 3 nitrogen and oxygen atoms in total. The number of hydrogen-bond donors (Lipinski definition) is 1. The molecule has 0 spiro atoms. The van der Waals surface area contributed by atoms with Crippen LogP contribution in [0.2, 0.25) is 5.02 Å². The number of halogens is 4. The second kappa shape index (κ2) is 6.58. The number of pyridine rings is 1. The largest absolute Gasteiger partial charge is 0.416 e. The number of carbonyl (C=O) groups excluding carboxylic acids is 1. The summed E-state index contributed by atoms with van der Waals surface area (Å²) in [4.78, 5) is 15.1. The highest BCUT2D eigenvalue weighted by molar-refractivity contribution is 6.32. The van der Waals surface area contributed by atoms with Crippen LogP contribution in [0.3, 0.4) is 0 Å². The third kappa shape index (κ3) is 3.64. The standard InChI is InChI=1S/C16H13ClF3N2O/c1-2-11(9-4-3-5-22-8-9)14-12(16(18,19)20)6-10(15(21)23)7-13(14)17/h3-8,11H,1-2H2,(H2,21,23). The number of alkyl halides is 3. The molecule has 7 heteroatoms. The Kier molecular flexibility index (Phi) is 4.94. The number of nitrogens with two attached hydrogens (primary N) is 1. The van der Waals surface area contributed by atoms with Crippen LogP contribution in [-0.4, -0.2) is 10.9 Å². The Balaban J connectivity index is 2.71. The molecular formula is C16H13ClF3N2O. The van der Waals surface area contributed by atoms with Crippen LogP contribution in [0, 0.1) is 6.92 Å². The summed E-state index contributed by atoms with van der Waals surface area (Å²) in [6.45, 7) is 3.72. The number of nitrogens with zero attached hydrogens (tertiary/aromatic N) is 1. The Bertz CT molecular complexity index is 717. The van der Waals surface area contributed by atoms with Crippen molar-refractivity contribution in [3.63, 3.8) is 0 Å². The lowest BCUT2D eigenvalue weighted by Gasteiger charge is -2.23. The highest BCUT2D eigenvalue weighted by Crippen LogP contribution is 2.42. The Morgan fingerprint density at radius 2 is 2.09 bits per heavy atom. The third-order valence-electron chi connectivity index (χ3n) is 3.44. The Morgan fingerprint density at radius 3 is 2.57 bits per heavy atom. The van der Waals surface area contributed by atoms with Crippen molar-refractivity contribution in [3.05, 3.63) is 70.9 Å². The number of rotatable bonds is 4. The van der Waals surface area contributed by atoms with Gasteiger partial charge in [0.15, 0.2) is 0 Å². The molecule has 1 unspecified atom stereocenters. The molecule has 1 aromatic carbocycles. The van der Waals surface area contributed by atoms with E-state index in [9.17, 15) is 18.0 Å². The van der Waals surface area contributed by atoms with Crippen LogP contribution in [-0.2, 0) is 6.18 Å². The number of carbonyl (C=O) groups is 1. The average molecular weight is 342 g/mol. The van der Waals surface area contributed by atoms with Gasteiger partial charge in [0.1, 0.15) is 0 Å².